The van der Waals surface area contributed by atoms with E-state index in [1.54, 1.807) is 6.07 Å². The molecule has 162 valence electrons. The number of nitrogens with zero attached hydrogens (tertiary/aromatic N) is 1. The number of carbonyl (C=O) groups is 2. The number of nitrogens with one attached hydrogen (secondary N) is 2. The number of rotatable bonds is 5. The van der Waals surface area contributed by atoms with Gasteiger partial charge in [-0.25, -0.2) is 9.18 Å². The van der Waals surface area contributed by atoms with Crippen LogP contribution in [-0.2, 0) is 23.3 Å². The molecule has 1 saturated heterocycles. The highest BCUT2D eigenvalue weighted by atomic mass is 19.4. The van der Waals surface area contributed by atoms with Crippen molar-refractivity contribution in [3.63, 3.8) is 0 Å². The maximum Gasteiger partial charge on any atom is 0.389 e. The molecule has 1 aliphatic rings. The Hall–Kier alpha value is -3.56. The fraction of sp³-hybridized carbons (Fsp3) is 0.238. The fourth-order valence-corrected chi connectivity index (χ4v) is 3.74. The number of imide groups is 1. The zero-order chi connectivity index (χ0) is 22.4. The van der Waals surface area contributed by atoms with E-state index in [4.69, 9.17) is 0 Å². The zero-order valence-corrected chi connectivity index (χ0v) is 16.0. The third-order valence-electron chi connectivity index (χ3n) is 5.31. The maximum atomic E-state index is 13.4. The Balaban J connectivity index is 1.71. The highest BCUT2D eigenvalue weighted by molar-refractivity contribution is 6.07. The largest absolute Gasteiger partial charge is 0.494 e. The first-order valence-electron chi connectivity index (χ1n) is 9.34. The maximum absolute atomic E-state index is 13.4. The summed E-state index contributed by atoms with van der Waals surface area (Å²) in [6.07, 6.45) is -3.98. The van der Waals surface area contributed by atoms with Gasteiger partial charge in [0.2, 0.25) is 0 Å². The Morgan fingerprint density at radius 2 is 1.77 bits per heavy atom. The van der Waals surface area contributed by atoms with Crippen LogP contribution >= 0.6 is 0 Å². The number of urea groups is 1. The van der Waals surface area contributed by atoms with Gasteiger partial charge >= 0.3 is 12.2 Å². The molecule has 2 heterocycles. The Labute approximate surface area is 173 Å². The van der Waals surface area contributed by atoms with Gasteiger partial charge in [0.05, 0.1) is 6.54 Å². The van der Waals surface area contributed by atoms with Gasteiger partial charge in [-0.05, 0) is 35.7 Å². The molecule has 0 bridgehead atoms. The summed E-state index contributed by atoms with van der Waals surface area (Å²) in [6, 6.07) is 8.85. The van der Waals surface area contributed by atoms with Crippen molar-refractivity contribution < 1.29 is 32.3 Å². The SMILES string of the molecule is O=C1NC(=O)C(Cn2cc3ccc(CCC(F)(F)F)cc3c2O)(c2ccc(F)cc2)N1. The van der Waals surface area contributed by atoms with Crippen LogP contribution in [-0.4, -0.2) is 27.8 Å². The van der Waals surface area contributed by atoms with Gasteiger partial charge in [-0.15, -0.1) is 0 Å². The summed E-state index contributed by atoms with van der Waals surface area (Å²) in [7, 11) is 0. The minimum absolute atomic E-state index is 0.214. The monoisotopic (exact) mass is 435 g/mol. The van der Waals surface area contributed by atoms with Gasteiger partial charge in [0.25, 0.3) is 5.91 Å². The molecular weight excluding hydrogens is 418 g/mol. The van der Waals surface area contributed by atoms with Crippen molar-refractivity contribution in [1.82, 2.24) is 15.2 Å². The van der Waals surface area contributed by atoms with Crippen LogP contribution in [0.1, 0.15) is 17.5 Å². The summed E-state index contributed by atoms with van der Waals surface area (Å²) in [5, 5.41) is 16.3. The number of amides is 3. The molecule has 1 atom stereocenters. The highest BCUT2D eigenvalue weighted by Gasteiger charge is 2.48. The van der Waals surface area contributed by atoms with Crippen LogP contribution in [0.5, 0.6) is 5.88 Å². The molecule has 1 aromatic heterocycles. The van der Waals surface area contributed by atoms with E-state index in [0.717, 1.165) is 12.1 Å². The van der Waals surface area contributed by atoms with Crippen molar-refractivity contribution in [2.45, 2.75) is 31.1 Å². The van der Waals surface area contributed by atoms with Gasteiger partial charge in [-0.1, -0.05) is 24.3 Å². The number of aromatic hydroxyl groups is 1. The van der Waals surface area contributed by atoms with Gasteiger partial charge in [0.15, 0.2) is 11.4 Å². The van der Waals surface area contributed by atoms with E-state index in [9.17, 15) is 32.3 Å². The first-order chi connectivity index (χ1) is 14.6. The molecule has 1 unspecified atom stereocenters. The van der Waals surface area contributed by atoms with E-state index >= 15 is 0 Å². The van der Waals surface area contributed by atoms with Crippen LogP contribution in [0.4, 0.5) is 22.4 Å². The third kappa shape index (κ3) is 3.92. The number of aromatic nitrogens is 1. The molecule has 0 saturated carbocycles. The van der Waals surface area contributed by atoms with E-state index in [1.807, 2.05) is 0 Å². The quantitative estimate of drug-likeness (QED) is 0.422. The molecule has 1 fully saturated rings. The first-order valence-corrected chi connectivity index (χ1v) is 9.34. The molecule has 31 heavy (non-hydrogen) atoms. The average Bonchev–Trinajstić information content (AvgIpc) is 3.16. The summed E-state index contributed by atoms with van der Waals surface area (Å²) in [5.41, 5.74) is -0.894. The molecule has 3 aromatic rings. The van der Waals surface area contributed by atoms with E-state index < -0.39 is 35.9 Å². The summed E-state index contributed by atoms with van der Waals surface area (Å²) < 4.78 is 52.2. The van der Waals surface area contributed by atoms with Crippen LogP contribution in [0.2, 0.25) is 0 Å². The van der Waals surface area contributed by atoms with Crippen molar-refractivity contribution in [3.05, 3.63) is 65.6 Å². The van der Waals surface area contributed by atoms with Crippen LogP contribution in [0.25, 0.3) is 10.8 Å². The van der Waals surface area contributed by atoms with Crippen LogP contribution in [0, 0.1) is 5.82 Å². The molecule has 2 aromatic carbocycles. The normalized spacial score (nSPS) is 19.0. The topological polar surface area (TPSA) is 83.4 Å². The van der Waals surface area contributed by atoms with E-state index in [0.29, 0.717) is 21.9 Å². The molecule has 1 aliphatic heterocycles. The zero-order valence-electron chi connectivity index (χ0n) is 16.0. The molecular formula is C21H17F4N3O3. The number of halogens is 4. The predicted octanol–water partition coefficient (Wildman–Crippen LogP) is 3.72. The van der Waals surface area contributed by atoms with E-state index in [1.165, 1.54) is 35.0 Å². The van der Waals surface area contributed by atoms with Gasteiger partial charge in [0.1, 0.15) is 5.82 Å². The van der Waals surface area contributed by atoms with Gasteiger partial charge in [0, 0.05) is 23.4 Å². The number of benzene rings is 2. The van der Waals surface area contributed by atoms with Crippen molar-refractivity contribution in [2.75, 3.05) is 0 Å². The Bertz CT molecular complexity index is 1170. The molecule has 0 radical (unpaired) electrons. The van der Waals surface area contributed by atoms with Gasteiger partial charge in [-0.2, -0.15) is 13.2 Å². The lowest BCUT2D eigenvalue weighted by atomic mass is 9.89. The smallest absolute Gasteiger partial charge is 0.389 e. The number of hydrogen-bond acceptors (Lipinski definition) is 3. The average molecular weight is 435 g/mol. The second kappa shape index (κ2) is 7.29. The van der Waals surface area contributed by atoms with E-state index in [-0.39, 0.29) is 18.8 Å². The molecule has 6 nitrogen and oxygen atoms in total. The van der Waals surface area contributed by atoms with E-state index in [2.05, 4.69) is 10.6 Å². The third-order valence-corrected chi connectivity index (χ3v) is 5.31. The summed E-state index contributed by atoms with van der Waals surface area (Å²) in [6.45, 7) is -0.214. The Morgan fingerprint density at radius 1 is 1.06 bits per heavy atom. The summed E-state index contributed by atoms with van der Waals surface area (Å²) in [5.74, 6) is -1.46. The molecule has 3 amide bonds. The van der Waals surface area contributed by atoms with Crippen molar-refractivity contribution in [2.24, 2.45) is 0 Å². The lowest BCUT2D eigenvalue weighted by Crippen LogP contribution is -2.47. The standard InChI is InChI=1S/C21H17F4N3O3/c22-15-5-3-14(4-6-15)20(18(30)26-19(31)27-20)11-28-10-13-2-1-12(7-8-21(23,24)25)9-16(13)17(28)29/h1-6,9-10,29H,7-8,11H2,(H2,26,27,30,31). The second-order valence-electron chi connectivity index (χ2n) is 7.44. The number of aryl methyl sites for hydroxylation is 1. The van der Waals surface area contributed by atoms with Crippen LogP contribution in [0.3, 0.4) is 0 Å². The van der Waals surface area contributed by atoms with Crippen molar-refractivity contribution in [1.29, 1.82) is 0 Å². The van der Waals surface area contributed by atoms with Crippen LogP contribution in [0.15, 0.2) is 48.7 Å². The van der Waals surface area contributed by atoms with Crippen molar-refractivity contribution in [3.8, 4) is 5.88 Å². The molecule has 0 aliphatic carbocycles. The lowest BCUT2D eigenvalue weighted by Gasteiger charge is -2.27. The minimum Gasteiger partial charge on any atom is -0.494 e. The highest BCUT2D eigenvalue weighted by Crippen LogP contribution is 2.34. The fourth-order valence-electron chi connectivity index (χ4n) is 3.74. The molecule has 3 N–H and O–H groups in total. The van der Waals surface area contributed by atoms with Crippen LogP contribution < -0.4 is 10.6 Å². The number of fused-ring (bicyclic) bond motifs is 1. The minimum atomic E-state index is -4.29. The first kappa shape index (κ1) is 20.7. The predicted molar refractivity (Wildman–Crippen MR) is 103 cm³/mol. The number of hydrogen-bond donors (Lipinski definition) is 3. The Morgan fingerprint density at radius 3 is 2.39 bits per heavy atom. The molecule has 10 heteroatoms. The Kier molecular flexibility index (Phi) is 4.87. The second-order valence-corrected chi connectivity index (χ2v) is 7.44. The van der Waals surface area contributed by atoms with Gasteiger partial charge < -0.3 is 15.0 Å². The molecule has 4 rings (SSSR count). The van der Waals surface area contributed by atoms with Gasteiger partial charge in [-0.3, -0.25) is 10.1 Å². The molecule has 0 spiro atoms. The number of carbonyl (C=O) groups excluding carboxylic acids is 2. The lowest BCUT2D eigenvalue weighted by molar-refractivity contribution is -0.134. The number of alkyl halides is 3. The summed E-state index contributed by atoms with van der Waals surface area (Å²) in [4.78, 5) is 24.5. The summed E-state index contributed by atoms with van der Waals surface area (Å²) >= 11 is 0. The van der Waals surface area contributed by atoms with Crippen molar-refractivity contribution >= 4 is 22.7 Å².